The van der Waals surface area contributed by atoms with Gasteiger partial charge in [-0.1, -0.05) is 36.4 Å². The monoisotopic (exact) mass is 368 g/mol. The summed E-state index contributed by atoms with van der Waals surface area (Å²) in [5.41, 5.74) is 8.99. The standard InChI is InChI=1S/C22H28N2O3/c23-13-21-17-6-7-19(25)22(26)18(17)12-20(27-21)16-8-10-24(11-9-16)14-15-4-2-1-3-5-15/h1-7,16,20-21,25-26H,8-14,23H2/t20-,21-/m1/s1. The zero-order chi connectivity index (χ0) is 18.8. The van der Waals surface area contributed by atoms with Crippen LogP contribution in [0.25, 0.3) is 0 Å². The molecule has 4 rings (SSSR count). The molecule has 2 aliphatic rings. The smallest absolute Gasteiger partial charge is 0.161 e. The van der Waals surface area contributed by atoms with E-state index in [2.05, 4.69) is 35.2 Å². The molecule has 0 saturated carbocycles. The Hall–Kier alpha value is -2.08. The second kappa shape index (κ2) is 7.89. The second-order valence-electron chi connectivity index (χ2n) is 7.70. The highest BCUT2D eigenvalue weighted by molar-refractivity contribution is 5.51. The quantitative estimate of drug-likeness (QED) is 0.723. The maximum absolute atomic E-state index is 10.3. The second-order valence-corrected chi connectivity index (χ2v) is 7.70. The van der Waals surface area contributed by atoms with Crippen LogP contribution in [-0.2, 0) is 17.7 Å². The van der Waals surface area contributed by atoms with Gasteiger partial charge in [0.25, 0.3) is 0 Å². The fraction of sp³-hybridized carbons (Fsp3) is 0.455. The van der Waals surface area contributed by atoms with Gasteiger partial charge in [0.2, 0.25) is 0 Å². The average molecular weight is 368 g/mol. The van der Waals surface area contributed by atoms with Crippen LogP contribution in [0, 0.1) is 5.92 Å². The summed E-state index contributed by atoms with van der Waals surface area (Å²) >= 11 is 0. The predicted octanol–water partition coefficient (Wildman–Crippen LogP) is 2.95. The topological polar surface area (TPSA) is 79.0 Å². The van der Waals surface area contributed by atoms with Crippen molar-refractivity contribution < 1.29 is 14.9 Å². The molecule has 0 bridgehead atoms. The number of fused-ring (bicyclic) bond motifs is 1. The molecule has 2 atom stereocenters. The number of aromatic hydroxyl groups is 2. The summed E-state index contributed by atoms with van der Waals surface area (Å²) < 4.78 is 6.31. The minimum atomic E-state index is -0.215. The van der Waals surface area contributed by atoms with Crippen molar-refractivity contribution in [1.82, 2.24) is 4.90 Å². The van der Waals surface area contributed by atoms with Crippen LogP contribution in [0.15, 0.2) is 42.5 Å². The molecule has 1 saturated heterocycles. The molecule has 1 fully saturated rings. The van der Waals surface area contributed by atoms with E-state index < -0.39 is 0 Å². The Morgan fingerprint density at radius 1 is 1.04 bits per heavy atom. The molecule has 144 valence electrons. The van der Waals surface area contributed by atoms with Gasteiger partial charge < -0.3 is 20.7 Å². The van der Waals surface area contributed by atoms with Gasteiger partial charge in [0.1, 0.15) is 0 Å². The number of rotatable bonds is 4. The van der Waals surface area contributed by atoms with Crippen molar-refractivity contribution in [1.29, 1.82) is 0 Å². The highest BCUT2D eigenvalue weighted by Crippen LogP contribution is 2.42. The van der Waals surface area contributed by atoms with Crippen molar-refractivity contribution in [2.45, 2.75) is 38.0 Å². The molecule has 0 unspecified atom stereocenters. The molecule has 2 aromatic rings. The Bertz CT molecular complexity index is 773. The van der Waals surface area contributed by atoms with Gasteiger partial charge >= 0.3 is 0 Å². The van der Waals surface area contributed by atoms with Crippen LogP contribution in [0.3, 0.4) is 0 Å². The first-order valence-corrected chi connectivity index (χ1v) is 9.81. The van der Waals surface area contributed by atoms with E-state index in [1.165, 1.54) is 11.6 Å². The summed E-state index contributed by atoms with van der Waals surface area (Å²) in [7, 11) is 0. The van der Waals surface area contributed by atoms with Crippen LogP contribution in [0.1, 0.15) is 35.6 Å². The summed E-state index contributed by atoms with van der Waals surface area (Å²) in [4.78, 5) is 2.49. The maximum atomic E-state index is 10.3. The van der Waals surface area contributed by atoms with Crippen molar-refractivity contribution in [2.24, 2.45) is 11.7 Å². The Balaban J connectivity index is 1.42. The Morgan fingerprint density at radius 3 is 2.48 bits per heavy atom. The number of hydrogen-bond acceptors (Lipinski definition) is 5. The first kappa shape index (κ1) is 18.3. The third-order valence-electron chi connectivity index (χ3n) is 6.01. The van der Waals surface area contributed by atoms with Crippen molar-refractivity contribution in [3.8, 4) is 11.5 Å². The fourth-order valence-electron chi connectivity index (χ4n) is 4.47. The summed E-state index contributed by atoms with van der Waals surface area (Å²) in [5, 5.41) is 20.2. The lowest BCUT2D eigenvalue weighted by atomic mass is 9.83. The molecular weight excluding hydrogens is 340 g/mol. The van der Waals surface area contributed by atoms with E-state index in [4.69, 9.17) is 10.5 Å². The van der Waals surface area contributed by atoms with Crippen LogP contribution in [0.5, 0.6) is 11.5 Å². The number of phenolic OH excluding ortho intramolecular Hbond substituents is 2. The molecule has 0 spiro atoms. The Kier molecular flexibility index (Phi) is 5.34. The van der Waals surface area contributed by atoms with Crippen LogP contribution in [0.4, 0.5) is 0 Å². The molecule has 0 amide bonds. The van der Waals surface area contributed by atoms with E-state index in [0.29, 0.717) is 18.9 Å². The van der Waals surface area contributed by atoms with Crippen molar-refractivity contribution in [3.63, 3.8) is 0 Å². The van der Waals surface area contributed by atoms with E-state index >= 15 is 0 Å². The SMILES string of the molecule is NC[C@H]1O[C@@H](C2CCN(Cc3ccccc3)CC2)Cc2c1ccc(O)c2O. The van der Waals surface area contributed by atoms with Crippen LogP contribution in [0.2, 0.25) is 0 Å². The van der Waals surface area contributed by atoms with Crippen LogP contribution >= 0.6 is 0 Å². The van der Waals surface area contributed by atoms with Crippen molar-refractivity contribution in [2.75, 3.05) is 19.6 Å². The van der Waals surface area contributed by atoms with Gasteiger partial charge in [0, 0.05) is 25.1 Å². The molecular formula is C22H28N2O3. The third kappa shape index (κ3) is 3.81. The lowest BCUT2D eigenvalue weighted by Gasteiger charge is -2.40. The van der Waals surface area contributed by atoms with E-state index in [0.717, 1.165) is 43.6 Å². The predicted molar refractivity (Wildman–Crippen MR) is 105 cm³/mol. The normalized spacial score (nSPS) is 23.9. The summed E-state index contributed by atoms with van der Waals surface area (Å²) in [6.45, 7) is 3.46. The third-order valence-corrected chi connectivity index (χ3v) is 6.01. The minimum absolute atomic E-state index is 0.0132. The van der Waals surface area contributed by atoms with E-state index in [1.54, 1.807) is 0 Å². The Labute approximate surface area is 160 Å². The van der Waals surface area contributed by atoms with Gasteiger partial charge in [0.15, 0.2) is 11.5 Å². The highest BCUT2D eigenvalue weighted by Gasteiger charge is 2.35. The molecule has 0 radical (unpaired) electrons. The van der Waals surface area contributed by atoms with Crippen LogP contribution < -0.4 is 5.73 Å². The Morgan fingerprint density at radius 2 is 1.78 bits per heavy atom. The molecule has 0 aliphatic carbocycles. The number of hydrogen-bond donors (Lipinski definition) is 3. The van der Waals surface area contributed by atoms with Gasteiger partial charge in [-0.2, -0.15) is 0 Å². The molecule has 5 nitrogen and oxygen atoms in total. The molecule has 2 aromatic carbocycles. The number of likely N-dealkylation sites (tertiary alicyclic amines) is 1. The van der Waals surface area contributed by atoms with Crippen LogP contribution in [-0.4, -0.2) is 40.9 Å². The minimum Gasteiger partial charge on any atom is -0.504 e. The van der Waals surface area contributed by atoms with E-state index in [1.807, 2.05) is 6.07 Å². The molecule has 5 heteroatoms. The number of nitrogens with two attached hydrogens (primary N) is 1. The molecule has 2 heterocycles. The number of benzene rings is 2. The lowest BCUT2D eigenvalue weighted by Crippen LogP contribution is -2.41. The van der Waals surface area contributed by atoms with Crippen molar-refractivity contribution in [3.05, 3.63) is 59.2 Å². The zero-order valence-electron chi connectivity index (χ0n) is 15.6. The first-order valence-electron chi connectivity index (χ1n) is 9.81. The molecule has 0 aromatic heterocycles. The highest BCUT2D eigenvalue weighted by atomic mass is 16.5. The number of ether oxygens (including phenoxy) is 1. The van der Waals surface area contributed by atoms with E-state index in [9.17, 15) is 10.2 Å². The van der Waals surface area contributed by atoms with Gasteiger partial charge in [-0.15, -0.1) is 0 Å². The van der Waals surface area contributed by atoms with E-state index in [-0.39, 0.29) is 23.7 Å². The summed E-state index contributed by atoms with van der Waals surface area (Å²) in [6.07, 6.45) is 2.60. The van der Waals surface area contributed by atoms with Gasteiger partial charge in [-0.05, 0) is 49.0 Å². The van der Waals surface area contributed by atoms with Gasteiger partial charge in [-0.3, -0.25) is 4.90 Å². The zero-order valence-corrected chi connectivity index (χ0v) is 15.6. The number of phenols is 2. The van der Waals surface area contributed by atoms with Gasteiger partial charge in [-0.25, -0.2) is 0 Å². The number of nitrogens with zero attached hydrogens (tertiary/aromatic N) is 1. The molecule has 2 aliphatic heterocycles. The summed E-state index contributed by atoms with van der Waals surface area (Å²) in [6, 6.07) is 13.9. The molecule has 4 N–H and O–H groups in total. The largest absolute Gasteiger partial charge is 0.504 e. The number of piperidine rings is 1. The van der Waals surface area contributed by atoms with Gasteiger partial charge in [0.05, 0.1) is 12.2 Å². The lowest BCUT2D eigenvalue weighted by molar-refractivity contribution is -0.0651. The first-order chi connectivity index (χ1) is 13.2. The average Bonchev–Trinajstić information content (AvgIpc) is 2.71. The maximum Gasteiger partial charge on any atom is 0.161 e. The summed E-state index contributed by atoms with van der Waals surface area (Å²) in [5.74, 6) is 0.365. The molecule has 27 heavy (non-hydrogen) atoms. The van der Waals surface area contributed by atoms with Crippen molar-refractivity contribution >= 4 is 0 Å². The fourth-order valence-corrected chi connectivity index (χ4v) is 4.47.